The van der Waals surface area contributed by atoms with Crippen LogP contribution < -0.4 is 5.32 Å². The molecular weight excluding hydrogens is 364 g/mol. The lowest BCUT2D eigenvalue weighted by molar-refractivity contribution is -0.207. The van der Waals surface area contributed by atoms with Crippen LogP contribution in [0.15, 0.2) is 42.6 Å². The average Bonchev–Trinajstić information content (AvgIpc) is 2.74. The minimum Gasteiger partial charge on any atom is -0.387 e. The number of aryl methyl sites for hydroxylation is 1. The highest BCUT2D eigenvalue weighted by Crippen LogP contribution is 2.59. The number of amides is 1. The summed E-state index contributed by atoms with van der Waals surface area (Å²) in [6.07, 6.45) is 5.26. The lowest BCUT2D eigenvalue weighted by Gasteiger charge is -2.58. The highest BCUT2D eigenvalue weighted by Gasteiger charge is 2.61. The molecule has 0 bridgehead atoms. The first-order chi connectivity index (χ1) is 13.8. The van der Waals surface area contributed by atoms with Crippen LogP contribution in [0.25, 0.3) is 0 Å². The van der Waals surface area contributed by atoms with Gasteiger partial charge in [-0.15, -0.1) is 0 Å². The first-order valence-electron chi connectivity index (χ1n) is 10.5. The average molecular weight is 395 g/mol. The van der Waals surface area contributed by atoms with Crippen molar-refractivity contribution in [2.24, 2.45) is 5.92 Å². The number of carbonyl (C=O) groups excluding carboxylic acids is 1. The number of nitrogens with one attached hydrogen (secondary N) is 1. The van der Waals surface area contributed by atoms with E-state index < -0.39 is 11.2 Å². The molecule has 5 heteroatoms. The highest BCUT2D eigenvalue weighted by atomic mass is 16.4. The monoisotopic (exact) mass is 394 g/mol. The first kappa shape index (κ1) is 20.0. The van der Waals surface area contributed by atoms with Crippen LogP contribution >= 0.6 is 0 Å². The Hall–Kier alpha value is -2.24. The number of rotatable bonds is 3. The zero-order valence-electron chi connectivity index (χ0n) is 17.4. The number of hydrogen-bond acceptors (Lipinski definition) is 4. The summed E-state index contributed by atoms with van der Waals surface area (Å²) in [5.41, 5.74) is 0.688. The van der Waals surface area contributed by atoms with E-state index in [-0.39, 0.29) is 17.2 Å². The third kappa shape index (κ3) is 2.90. The van der Waals surface area contributed by atoms with E-state index in [1.54, 1.807) is 26.2 Å². The molecule has 3 N–H and O–H groups in total. The normalized spacial score (nSPS) is 33.5. The molecule has 154 valence electrons. The molecule has 1 aromatic heterocycles. The largest absolute Gasteiger partial charge is 0.387 e. The molecule has 0 radical (unpaired) electrons. The fraction of sp³-hybridized carbons (Fsp3) is 0.500. The summed E-state index contributed by atoms with van der Waals surface area (Å²) < 4.78 is 0. The lowest BCUT2D eigenvalue weighted by Crippen LogP contribution is -2.62. The van der Waals surface area contributed by atoms with Crippen LogP contribution in [0, 0.1) is 5.92 Å². The Morgan fingerprint density at radius 2 is 2.07 bits per heavy atom. The molecule has 2 aliphatic carbocycles. The molecule has 5 nitrogen and oxygen atoms in total. The maximum atomic E-state index is 12.1. The zero-order valence-corrected chi connectivity index (χ0v) is 17.4. The molecule has 2 aliphatic rings. The van der Waals surface area contributed by atoms with Crippen LogP contribution in [0.1, 0.15) is 66.7 Å². The molecule has 4 rings (SSSR count). The van der Waals surface area contributed by atoms with Gasteiger partial charge in [-0.25, -0.2) is 0 Å². The third-order valence-corrected chi connectivity index (χ3v) is 7.49. The number of benzene rings is 1. The van der Waals surface area contributed by atoms with Crippen LogP contribution in [0.5, 0.6) is 0 Å². The molecule has 1 aromatic carbocycles. The van der Waals surface area contributed by atoms with E-state index in [0.29, 0.717) is 24.1 Å². The molecular formula is C24H30N2O3. The number of nitrogens with zero attached hydrogens (tertiary/aromatic N) is 1. The Kier molecular flexibility index (Phi) is 4.79. The quantitative estimate of drug-likeness (QED) is 0.747. The van der Waals surface area contributed by atoms with Crippen molar-refractivity contribution in [3.8, 4) is 0 Å². The van der Waals surface area contributed by atoms with E-state index in [9.17, 15) is 15.0 Å². The van der Waals surface area contributed by atoms with Gasteiger partial charge in [-0.05, 0) is 80.3 Å². The van der Waals surface area contributed by atoms with E-state index in [0.717, 1.165) is 19.3 Å². The van der Waals surface area contributed by atoms with Gasteiger partial charge in [-0.3, -0.25) is 9.78 Å². The summed E-state index contributed by atoms with van der Waals surface area (Å²) in [7, 11) is 1.64. The molecule has 1 saturated carbocycles. The molecule has 2 aromatic rings. The summed E-state index contributed by atoms with van der Waals surface area (Å²) in [4.78, 5) is 16.5. The van der Waals surface area contributed by atoms with Crippen molar-refractivity contribution >= 4 is 5.91 Å². The molecule has 0 aliphatic heterocycles. The summed E-state index contributed by atoms with van der Waals surface area (Å²) >= 11 is 0. The van der Waals surface area contributed by atoms with Gasteiger partial charge < -0.3 is 15.5 Å². The van der Waals surface area contributed by atoms with Crippen LogP contribution in [0.4, 0.5) is 0 Å². The predicted octanol–water partition coefficient (Wildman–Crippen LogP) is 3.08. The Morgan fingerprint density at radius 3 is 2.72 bits per heavy atom. The van der Waals surface area contributed by atoms with Crippen molar-refractivity contribution < 1.29 is 15.0 Å². The minimum absolute atomic E-state index is 0.0827. The van der Waals surface area contributed by atoms with E-state index in [1.165, 1.54) is 11.1 Å². The molecule has 1 heterocycles. The van der Waals surface area contributed by atoms with Crippen LogP contribution in [0.2, 0.25) is 0 Å². The topological polar surface area (TPSA) is 82.5 Å². The third-order valence-electron chi connectivity index (χ3n) is 7.49. The molecule has 0 unspecified atom stereocenters. The second kappa shape index (κ2) is 6.92. The van der Waals surface area contributed by atoms with Crippen molar-refractivity contribution in [1.29, 1.82) is 0 Å². The van der Waals surface area contributed by atoms with Gasteiger partial charge in [0.25, 0.3) is 5.91 Å². The Labute approximate surface area is 172 Å². The van der Waals surface area contributed by atoms with Gasteiger partial charge in [0.2, 0.25) is 0 Å². The molecule has 0 saturated heterocycles. The van der Waals surface area contributed by atoms with E-state index in [2.05, 4.69) is 23.3 Å². The van der Waals surface area contributed by atoms with E-state index >= 15 is 0 Å². The molecule has 1 amide bonds. The van der Waals surface area contributed by atoms with Gasteiger partial charge in [0.1, 0.15) is 5.60 Å². The second-order valence-corrected chi connectivity index (χ2v) is 8.93. The Morgan fingerprint density at radius 1 is 1.28 bits per heavy atom. The maximum absolute atomic E-state index is 12.1. The fourth-order valence-electron chi connectivity index (χ4n) is 5.86. The lowest BCUT2D eigenvalue weighted by atomic mass is 9.49. The molecule has 4 atom stereocenters. The highest BCUT2D eigenvalue weighted by molar-refractivity contribution is 5.94. The number of aliphatic hydroxyl groups is 2. The van der Waals surface area contributed by atoms with Gasteiger partial charge in [-0.1, -0.05) is 19.1 Å². The summed E-state index contributed by atoms with van der Waals surface area (Å²) in [5, 5.41) is 25.9. The SMILES string of the molecule is CC[C@@]12C[C@@](C)(O)[C@](O)(c3ccccn3)C[C@H]1CCc1cc(C(=O)NC)ccc12. The predicted molar refractivity (Wildman–Crippen MR) is 112 cm³/mol. The Balaban J connectivity index is 1.79. The number of carbonyl (C=O) groups is 1. The first-order valence-corrected chi connectivity index (χ1v) is 10.5. The van der Waals surface area contributed by atoms with Crippen molar-refractivity contribution in [3.63, 3.8) is 0 Å². The van der Waals surface area contributed by atoms with Crippen molar-refractivity contribution in [3.05, 3.63) is 65.0 Å². The van der Waals surface area contributed by atoms with Crippen LogP contribution in [0.3, 0.4) is 0 Å². The number of hydrogen-bond donors (Lipinski definition) is 3. The van der Waals surface area contributed by atoms with Crippen LogP contribution in [-0.4, -0.2) is 33.8 Å². The fourth-order valence-corrected chi connectivity index (χ4v) is 5.86. The standard InChI is InChI=1S/C24H30N2O3/c1-4-23-15-22(2,28)24(29,20-7-5-6-12-26-20)14-18(23)10-8-16-13-17(21(27)25-3)9-11-19(16)23/h5-7,9,11-13,18,28-29H,4,8,10,14-15H2,1-3H3,(H,25,27)/t18-,22-,23-,24-/m1/s1. The summed E-state index contributed by atoms with van der Waals surface area (Å²) in [6, 6.07) is 11.4. The second-order valence-electron chi connectivity index (χ2n) is 8.93. The number of fused-ring (bicyclic) bond motifs is 3. The van der Waals surface area contributed by atoms with Crippen molar-refractivity contribution in [2.75, 3.05) is 7.05 Å². The van der Waals surface area contributed by atoms with Crippen molar-refractivity contribution in [1.82, 2.24) is 10.3 Å². The summed E-state index contributed by atoms with van der Waals surface area (Å²) in [5.74, 6) is 0.152. The van der Waals surface area contributed by atoms with Gasteiger partial charge in [0.15, 0.2) is 0 Å². The van der Waals surface area contributed by atoms with Gasteiger partial charge in [-0.2, -0.15) is 0 Å². The van der Waals surface area contributed by atoms with Gasteiger partial charge in [0.05, 0.1) is 11.3 Å². The van der Waals surface area contributed by atoms with E-state index in [1.807, 2.05) is 24.3 Å². The maximum Gasteiger partial charge on any atom is 0.251 e. The Bertz CT molecular complexity index is 927. The van der Waals surface area contributed by atoms with E-state index in [4.69, 9.17) is 0 Å². The zero-order chi connectivity index (χ0) is 20.9. The molecule has 29 heavy (non-hydrogen) atoms. The smallest absolute Gasteiger partial charge is 0.251 e. The van der Waals surface area contributed by atoms with Crippen LogP contribution in [-0.2, 0) is 17.4 Å². The minimum atomic E-state index is -1.38. The summed E-state index contributed by atoms with van der Waals surface area (Å²) in [6.45, 7) is 3.90. The molecule has 0 spiro atoms. The van der Waals surface area contributed by atoms with Crippen molar-refractivity contribution in [2.45, 2.75) is 62.6 Å². The molecule has 1 fully saturated rings. The number of aromatic nitrogens is 1. The van der Waals surface area contributed by atoms with Gasteiger partial charge >= 0.3 is 0 Å². The number of pyridine rings is 1. The van der Waals surface area contributed by atoms with Gasteiger partial charge in [0, 0.05) is 24.2 Å².